The molecule has 0 bridgehead atoms. The van der Waals surface area contributed by atoms with Crippen molar-refractivity contribution in [3.8, 4) is 61.8 Å². The smallest absolute Gasteiger partial charge is 0.160 e. The lowest BCUT2D eigenvalue weighted by atomic mass is 9.98. The first-order valence-corrected chi connectivity index (χ1v) is 20.4. The van der Waals surface area contributed by atoms with E-state index in [4.69, 9.17) is 9.97 Å². The van der Waals surface area contributed by atoms with Crippen molar-refractivity contribution in [3.05, 3.63) is 205 Å². The third kappa shape index (κ3) is 6.27. The van der Waals surface area contributed by atoms with Crippen molar-refractivity contribution >= 4 is 38.3 Å². The van der Waals surface area contributed by atoms with E-state index in [1.54, 1.807) is 0 Å². The average molecular weight is 757 g/mol. The SMILES string of the molecule is Cc1cc2c3c(ccc4cccc(c43)n2-c2ccc(-c3cc(-c4cccc(-c5ccccc5)c4)nc(-c4cccc(-c5ccccc5)c4)n3)cc2)c1NC1=CCCC=C1. The Hall–Kier alpha value is -7.56. The largest absolute Gasteiger partial charge is 0.355 e. The maximum absolute atomic E-state index is 5.27. The van der Waals surface area contributed by atoms with Crippen LogP contribution in [0, 0.1) is 6.92 Å². The number of allylic oxidation sites excluding steroid dienone is 3. The van der Waals surface area contributed by atoms with E-state index < -0.39 is 0 Å². The molecule has 1 N–H and O–H groups in total. The monoisotopic (exact) mass is 756 g/mol. The zero-order valence-electron chi connectivity index (χ0n) is 32.7. The Morgan fingerprint density at radius 1 is 0.492 bits per heavy atom. The lowest BCUT2D eigenvalue weighted by molar-refractivity contribution is 1.02. The van der Waals surface area contributed by atoms with E-state index in [9.17, 15) is 0 Å². The van der Waals surface area contributed by atoms with Crippen LogP contribution in [0.2, 0.25) is 0 Å². The summed E-state index contributed by atoms with van der Waals surface area (Å²) >= 11 is 0. The molecule has 11 rings (SSSR count). The van der Waals surface area contributed by atoms with Crippen molar-refractivity contribution in [1.29, 1.82) is 0 Å². The molecule has 0 radical (unpaired) electrons. The number of rotatable bonds is 8. The molecule has 0 unspecified atom stereocenters. The summed E-state index contributed by atoms with van der Waals surface area (Å²) in [4.78, 5) is 10.5. The van der Waals surface area contributed by atoms with E-state index >= 15 is 0 Å². The summed E-state index contributed by atoms with van der Waals surface area (Å²) < 4.78 is 2.42. The van der Waals surface area contributed by atoms with E-state index in [2.05, 4.69) is 205 Å². The van der Waals surface area contributed by atoms with Crippen molar-refractivity contribution < 1.29 is 0 Å². The molecule has 0 saturated carbocycles. The van der Waals surface area contributed by atoms with Gasteiger partial charge in [0, 0.05) is 49.9 Å². The van der Waals surface area contributed by atoms with Gasteiger partial charge in [-0.3, -0.25) is 0 Å². The number of nitrogens with zero attached hydrogens (tertiary/aromatic N) is 3. The second-order valence-electron chi connectivity index (χ2n) is 15.5. The topological polar surface area (TPSA) is 42.7 Å². The molecule has 1 aliphatic rings. The van der Waals surface area contributed by atoms with Gasteiger partial charge in [-0.25, -0.2) is 9.97 Å². The third-order valence-electron chi connectivity index (χ3n) is 11.7. The van der Waals surface area contributed by atoms with Gasteiger partial charge in [0.1, 0.15) is 0 Å². The minimum absolute atomic E-state index is 0.692. The number of benzene rings is 8. The second kappa shape index (κ2) is 14.4. The second-order valence-corrected chi connectivity index (χ2v) is 15.5. The van der Waals surface area contributed by atoms with Crippen molar-refractivity contribution in [1.82, 2.24) is 14.5 Å². The first-order valence-electron chi connectivity index (χ1n) is 20.4. The van der Waals surface area contributed by atoms with Crippen LogP contribution in [0.3, 0.4) is 0 Å². The molecule has 8 aromatic carbocycles. The molecule has 2 heterocycles. The quantitative estimate of drug-likeness (QED) is 0.157. The highest BCUT2D eigenvalue weighted by Crippen LogP contribution is 2.43. The van der Waals surface area contributed by atoms with Crippen molar-refractivity contribution in [2.75, 3.05) is 5.32 Å². The highest BCUT2D eigenvalue weighted by Gasteiger charge is 2.21. The highest BCUT2D eigenvalue weighted by atomic mass is 15.0. The highest BCUT2D eigenvalue weighted by molar-refractivity contribution is 6.26. The fourth-order valence-electron chi connectivity index (χ4n) is 8.79. The van der Waals surface area contributed by atoms with Crippen molar-refractivity contribution in [2.45, 2.75) is 19.8 Å². The Bertz CT molecular complexity index is 3130. The predicted octanol–water partition coefficient (Wildman–Crippen LogP) is 14.5. The Labute approximate surface area is 343 Å². The lowest BCUT2D eigenvalue weighted by Gasteiger charge is -2.17. The Balaban J connectivity index is 1.04. The number of hydrogen-bond donors (Lipinski definition) is 1. The molecule has 2 aromatic heterocycles. The predicted molar refractivity (Wildman–Crippen MR) is 247 cm³/mol. The van der Waals surface area contributed by atoms with E-state index in [0.717, 1.165) is 69.0 Å². The zero-order valence-corrected chi connectivity index (χ0v) is 32.7. The van der Waals surface area contributed by atoms with E-state index in [-0.39, 0.29) is 0 Å². The van der Waals surface area contributed by atoms with E-state index in [1.807, 2.05) is 6.07 Å². The average Bonchev–Trinajstić information content (AvgIpc) is 3.64. The number of anilines is 1. The van der Waals surface area contributed by atoms with Crippen molar-refractivity contribution in [2.24, 2.45) is 0 Å². The summed E-state index contributed by atoms with van der Waals surface area (Å²) in [6.07, 6.45) is 8.91. The molecule has 59 heavy (non-hydrogen) atoms. The maximum Gasteiger partial charge on any atom is 0.160 e. The van der Waals surface area contributed by atoms with Crippen molar-refractivity contribution in [3.63, 3.8) is 0 Å². The molecule has 4 nitrogen and oxygen atoms in total. The van der Waals surface area contributed by atoms with Gasteiger partial charge >= 0.3 is 0 Å². The van der Waals surface area contributed by atoms with Gasteiger partial charge in [0.05, 0.1) is 22.4 Å². The fraction of sp³-hybridized carbons (Fsp3) is 0.0545. The van der Waals surface area contributed by atoms with Crippen LogP contribution in [-0.2, 0) is 0 Å². The molecule has 4 heteroatoms. The standard InChI is InChI=1S/C55H40N4/c1-36-32-51-53-47(54(36)56-45-23-9-4-10-24-45)31-28-40-18-13-25-50(52(40)53)59(51)46-29-26-39(27-30-46)48-35-49(43-21-11-19-41(33-43)37-14-5-2-6-15-37)58-55(57-48)44-22-12-20-42(34-44)38-16-7-3-8-17-38/h2-3,5-9,11-35,56H,4,10H2,1H3. The Morgan fingerprint density at radius 3 is 1.85 bits per heavy atom. The number of aryl methyl sites for hydroxylation is 1. The van der Waals surface area contributed by atoms with Gasteiger partial charge in [0.25, 0.3) is 0 Å². The van der Waals surface area contributed by atoms with Crippen LogP contribution in [0.25, 0.3) is 94.4 Å². The normalized spacial score (nSPS) is 12.7. The minimum Gasteiger partial charge on any atom is -0.355 e. The first kappa shape index (κ1) is 34.7. The summed E-state index contributed by atoms with van der Waals surface area (Å²) in [6.45, 7) is 2.22. The fourth-order valence-corrected chi connectivity index (χ4v) is 8.79. The molecule has 280 valence electrons. The number of aromatic nitrogens is 3. The van der Waals surface area contributed by atoms with Gasteiger partial charge in [0.2, 0.25) is 0 Å². The summed E-state index contributed by atoms with van der Waals surface area (Å²) in [5.74, 6) is 0.692. The van der Waals surface area contributed by atoms with Crippen LogP contribution >= 0.6 is 0 Å². The van der Waals surface area contributed by atoms with Crippen LogP contribution in [0.4, 0.5) is 5.69 Å². The van der Waals surface area contributed by atoms with E-state index in [1.165, 1.54) is 49.4 Å². The number of hydrogen-bond acceptors (Lipinski definition) is 3. The van der Waals surface area contributed by atoms with Gasteiger partial charge in [-0.05, 0) is 102 Å². The minimum atomic E-state index is 0.692. The van der Waals surface area contributed by atoms with Crippen LogP contribution < -0.4 is 5.32 Å². The van der Waals surface area contributed by atoms with Gasteiger partial charge in [-0.1, -0.05) is 146 Å². The third-order valence-corrected chi connectivity index (χ3v) is 11.7. The van der Waals surface area contributed by atoms with Crippen LogP contribution in [0.1, 0.15) is 18.4 Å². The lowest BCUT2D eigenvalue weighted by Crippen LogP contribution is -2.02. The molecule has 0 atom stereocenters. The van der Waals surface area contributed by atoms with Crippen LogP contribution in [0.15, 0.2) is 200 Å². The van der Waals surface area contributed by atoms with Gasteiger partial charge in [0.15, 0.2) is 5.82 Å². The molecule has 0 saturated heterocycles. The summed E-state index contributed by atoms with van der Waals surface area (Å²) in [5.41, 5.74) is 16.5. The molecular weight excluding hydrogens is 717 g/mol. The van der Waals surface area contributed by atoms with Crippen LogP contribution in [0.5, 0.6) is 0 Å². The van der Waals surface area contributed by atoms with Gasteiger partial charge in [-0.2, -0.15) is 0 Å². The molecule has 0 aliphatic heterocycles. The number of nitrogens with one attached hydrogen (secondary N) is 1. The van der Waals surface area contributed by atoms with Gasteiger partial charge < -0.3 is 9.88 Å². The zero-order chi connectivity index (χ0) is 39.3. The van der Waals surface area contributed by atoms with E-state index in [0.29, 0.717) is 5.82 Å². The summed E-state index contributed by atoms with van der Waals surface area (Å²) in [7, 11) is 0. The molecule has 0 spiro atoms. The first-order chi connectivity index (χ1) is 29.1. The molecule has 1 aliphatic carbocycles. The molecule has 0 amide bonds. The maximum atomic E-state index is 5.27. The molecule has 10 aromatic rings. The molecular formula is C55H40N4. The summed E-state index contributed by atoms with van der Waals surface area (Å²) in [6, 6.07) is 62.7. The van der Waals surface area contributed by atoms with Crippen LogP contribution in [-0.4, -0.2) is 14.5 Å². The molecule has 0 fully saturated rings. The van der Waals surface area contributed by atoms with Gasteiger partial charge in [-0.15, -0.1) is 0 Å². The summed E-state index contributed by atoms with van der Waals surface area (Å²) in [5, 5.41) is 8.86. The Morgan fingerprint density at radius 2 is 1.14 bits per heavy atom. The Kier molecular flexibility index (Phi) is 8.48.